The minimum atomic E-state index is -0.943. The van der Waals surface area contributed by atoms with Crippen molar-refractivity contribution in [2.45, 2.75) is 6.54 Å². The molecule has 0 unspecified atom stereocenters. The maximum Gasteiger partial charge on any atom is 0.338 e. The van der Waals surface area contributed by atoms with Crippen LogP contribution in [0.25, 0.3) is 0 Å². The Balaban J connectivity index is 2.14. The van der Waals surface area contributed by atoms with E-state index in [0.29, 0.717) is 6.54 Å². The molecule has 0 saturated carbocycles. The second kappa shape index (κ2) is 3.63. The first kappa shape index (κ1) is 8.96. The number of carboxylic acids is 1. The van der Waals surface area contributed by atoms with Gasteiger partial charge in [-0.1, -0.05) is 0 Å². The molecule has 2 heterocycles. The summed E-state index contributed by atoms with van der Waals surface area (Å²) < 4.78 is 1.62. The van der Waals surface area contributed by atoms with E-state index in [1.54, 1.807) is 16.0 Å². The number of hydrogen-bond donors (Lipinski definition) is 1. The molecule has 2 aromatic heterocycles. The molecule has 0 fully saturated rings. The molecule has 5 heteroatoms. The van der Waals surface area contributed by atoms with Gasteiger partial charge in [-0.15, -0.1) is 0 Å². The fraction of sp³-hybridized carbons (Fsp3) is 0.111. The summed E-state index contributed by atoms with van der Waals surface area (Å²) >= 11 is 1.61. The lowest BCUT2D eigenvalue weighted by Crippen LogP contribution is -1.99. The maximum atomic E-state index is 10.6. The summed E-state index contributed by atoms with van der Waals surface area (Å²) in [5.41, 5.74) is 1.36. The molecule has 2 rings (SSSR count). The zero-order chi connectivity index (χ0) is 9.97. The van der Waals surface area contributed by atoms with Crippen LogP contribution in [0.3, 0.4) is 0 Å². The molecule has 2 aromatic rings. The van der Waals surface area contributed by atoms with Gasteiger partial charge in [0.2, 0.25) is 0 Å². The molecule has 1 N–H and O–H groups in total. The highest BCUT2D eigenvalue weighted by Gasteiger charge is 2.05. The highest BCUT2D eigenvalue weighted by atomic mass is 32.1. The van der Waals surface area contributed by atoms with E-state index in [1.165, 1.54) is 12.4 Å². The summed E-state index contributed by atoms with van der Waals surface area (Å²) in [5.74, 6) is -0.943. The fourth-order valence-corrected chi connectivity index (χ4v) is 1.79. The van der Waals surface area contributed by atoms with E-state index >= 15 is 0 Å². The van der Waals surface area contributed by atoms with E-state index in [9.17, 15) is 4.79 Å². The summed E-state index contributed by atoms with van der Waals surface area (Å²) in [4.78, 5) is 10.6. The van der Waals surface area contributed by atoms with Gasteiger partial charge in [0.15, 0.2) is 0 Å². The van der Waals surface area contributed by atoms with Crippen LogP contribution in [0.1, 0.15) is 15.9 Å². The van der Waals surface area contributed by atoms with Crippen LogP contribution in [0.2, 0.25) is 0 Å². The van der Waals surface area contributed by atoms with Gasteiger partial charge in [0.05, 0.1) is 18.3 Å². The quantitative estimate of drug-likeness (QED) is 0.835. The Labute approximate surface area is 84.4 Å². The van der Waals surface area contributed by atoms with E-state index in [1.807, 2.05) is 16.8 Å². The predicted molar refractivity (Wildman–Crippen MR) is 52.6 cm³/mol. The Morgan fingerprint density at radius 3 is 3.07 bits per heavy atom. The van der Waals surface area contributed by atoms with Crippen molar-refractivity contribution in [3.63, 3.8) is 0 Å². The minimum Gasteiger partial charge on any atom is -0.478 e. The highest BCUT2D eigenvalue weighted by Crippen LogP contribution is 2.08. The van der Waals surface area contributed by atoms with Crippen molar-refractivity contribution < 1.29 is 9.90 Å². The Kier molecular flexibility index (Phi) is 2.32. The Morgan fingerprint density at radius 1 is 1.64 bits per heavy atom. The summed E-state index contributed by atoms with van der Waals surface area (Å²) in [6.07, 6.45) is 2.88. The summed E-state index contributed by atoms with van der Waals surface area (Å²) in [6.45, 7) is 0.622. The Morgan fingerprint density at radius 2 is 2.50 bits per heavy atom. The van der Waals surface area contributed by atoms with Crippen LogP contribution in [0.4, 0.5) is 0 Å². The molecule has 14 heavy (non-hydrogen) atoms. The molecule has 0 spiro atoms. The van der Waals surface area contributed by atoms with Gasteiger partial charge in [-0.05, 0) is 22.4 Å². The highest BCUT2D eigenvalue weighted by molar-refractivity contribution is 7.07. The molecule has 0 atom stereocenters. The number of carbonyl (C=O) groups is 1. The van der Waals surface area contributed by atoms with Gasteiger partial charge in [-0.25, -0.2) is 4.79 Å². The van der Waals surface area contributed by atoms with Crippen LogP contribution in [-0.4, -0.2) is 20.9 Å². The average Bonchev–Trinajstić information content (AvgIpc) is 2.75. The van der Waals surface area contributed by atoms with Crippen molar-refractivity contribution in [2.75, 3.05) is 0 Å². The normalized spacial score (nSPS) is 10.3. The molecule has 72 valence electrons. The van der Waals surface area contributed by atoms with Gasteiger partial charge in [-0.3, -0.25) is 4.68 Å². The van der Waals surface area contributed by atoms with Crippen LogP contribution >= 0.6 is 11.3 Å². The predicted octanol–water partition coefficient (Wildman–Crippen LogP) is 1.69. The number of rotatable bonds is 3. The van der Waals surface area contributed by atoms with E-state index in [-0.39, 0.29) is 5.56 Å². The standard InChI is InChI=1S/C9H8N2O2S/c12-9(13)8-3-10-11(5-8)4-7-1-2-14-6-7/h1-3,5-6H,4H2,(H,12,13). The third kappa shape index (κ3) is 1.82. The fourth-order valence-electron chi connectivity index (χ4n) is 1.13. The number of nitrogens with zero attached hydrogens (tertiary/aromatic N) is 2. The molecule has 4 nitrogen and oxygen atoms in total. The Bertz CT molecular complexity index is 433. The Hall–Kier alpha value is -1.62. The molecule has 0 aliphatic carbocycles. The molecular weight excluding hydrogens is 200 g/mol. The SMILES string of the molecule is O=C(O)c1cnn(Cc2ccsc2)c1. The summed E-state index contributed by atoms with van der Waals surface area (Å²) in [7, 11) is 0. The number of hydrogen-bond acceptors (Lipinski definition) is 3. The largest absolute Gasteiger partial charge is 0.478 e. The van der Waals surface area contributed by atoms with Crippen molar-refractivity contribution in [1.82, 2.24) is 9.78 Å². The van der Waals surface area contributed by atoms with E-state index in [0.717, 1.165) is 5.56 Å². The first-order valence-electron chi connectivity index (χ1n) is 4.02. The second-order valence-electron chi connectivity index (χ2n) is 2.86. The van der Waals surface area contributed by atoms with Crippen LogP contribution in [0, 0.1) is 0 Å². The molecule has 0 aliphatic heterocycles. The molecular formula is C9H8N2O2S. The van der Waals surface area contributed by atoms with Gasteiger partial charge in [0.25, 0.3) is 0 Å². The molecule has 0 radical (unpaired) electrons. The smallest absolute Gasteiger partial charge is 0.338 e. The lowest BCUT2D eigenvalue weighted by atomic mass is 10.3. The van der Waals surface area contributed by atoms with Gasteiger partial charge in [0.1, 0.15) is 0 Å². The lowest BCUT2D eigenvalue weighted by molar-refractivity contribution is 0.0697. The third-order valence-electron chi connectivity index (χ3n) is 1.80. The topological polar surface area (TPSA) is 55.1 Å². The summed E-state index contributed by atoms with van der Waals surface area (Å²) in [6, 6.07) is 1.99. The minimum absolute atomic E-state index is 0.222. The van der Waals surface area contributed by atoms with E-state index in [2.05, 4.69) is 5.10 Å². The van der Waals surface area contributed by atoms with Crippen molar-refractivity contribution >= 4 is 17.3 Å². The maximum absolute atomic E-state index is 10.6. The molecule has 0 amide bonds. The zero-order valence-corrected chi connectivity index (χ0v) is 8.07. The van der Waals surface area contributed by atoms with Gasteiger partial charge < -0.3 is 5.11 Å². The first-order chi connectivity index (χ1) is 6.75. The van der Waals surface area contributed by atoms with Crippen molar-refractivity contribution in [2.24, 2.45) is 0 Å². The third-order valence-corrected chi connectivity index (χ3v) is 2.54. The van der Waals surface area contributed by atoms with Crippen LogP contribution in [0.15, 0.2) is 29.2 Å². The summed E-state index contributed by atoms with van der Waals surface area (Å²) in [5, 5.41) is 16.6. The zero-order valence-electron chi connectivity index (χ0n) is 7.25. The molecule has 0 bridgehead atoms. The number of carboxylic acid groups (broad SMARTS) is 1. The van der Waals surface area contributed by atoms with Crippen LogP contribution in [0.5, 0.6) is 0 Å². The van der Waals surface area contributed by atoms with Crippen molar-refractivity contribution in [1.29, 1.82) is 0 Å². The van der Waals surface area contributed by atoms with E-state index < -0.39 is 5.97 Å². The molecule has 0 aromatic carbocycles. The molecule has 0 aliphatic rings. The van der Waals surface area contributed by atoms with Gasteiger partial charge in [-0.2, -0.15) is 16.4 Å². The number of thiophene rings is 1. The van der Waals surface area contributed by atoms with E-state index in [4.69, 9.17) is 5.11 Å². The average molecular weight is 208 g/mol. The van der Waals surface area contributed by atoms with Crippen molar-refractivity contribution in [3.8, 4) is 0 Å². The lowest BCUT2D eigenvalue weighted by Gasteiger charge is -1.96. The van der Waals surface area contributed by atoms with Crippen molar-refractivity contribution in [3.05, 3.63) is 40.3 Å². The first-order valence-corrected chi connectivity index (χ1v) is 4.97. The monoisotopic (exact) mass is 208 g/mol. The number of aromatic nitrogens is 2. The van der Waals surface area contributed by atoms with Gasteiger partial charge in [0, 0.05) is 6.20 Å². The second-order valence-corrected chi connectivity index (χ2v) is 3.64. The van der Waals surface area contributed by atoms with Gasteiger partial charge >= 0.3 is 5.97 Å². The van der Waals surface area contributed by atoms with Crippen LogP contribution in [-0.2, 0) is 6.54 Å². The number of aromatic carboxylic acids is 1. The van der Waals surface area contributed by atoms with Crippen LogP contribution < -0.4 is 0 Å². The molecule has 0 saturated heterocycles.